The number of nitrogens with one attached hydrogen (secondary N) is 2. The van der Waals surface area contributed by atoms with Gasteiger partial charge in [-0.1, -0.05) is 6.07 Å². The minimum atomic E-state index is -0.167. The molecule has 1 heterocycles. The first-order chi connectivity index (χ1) is 7.50. The van der Waals surface area contributed by atoms with Crippen LogP contribution in [-0.4, -0.2) is 18.0 Å². The molecule has 0 aliphatic carbocycles. The first-order valence-corrected chi connectivity index (χ1v) is 6.48. The number of hydrogen-bond donors (Lipinski definition) is 2. The van der Waals surface area contributed by atoms with Crippen LogP contribution in [0.25, 0.3) is 0 Å². The second-order valence-corrected chi connectivity index (χ2v) is 5.27. The highest BCUT2D eigenvalue weighted by Gasteiger charge is 2.16. The van der Waals surface area contributed by atoms with Gasteiger partial charge in [0.2, 0.25) is 5.91 Å². The van der Waals surface area contributed by atoms with E-state index in [1.54, 1.807) is 11.3 Å². The van der Waals surface area contributed by atoms with E-state index < -0.39 is 0 Å². The summed E-state index contributed by atoms with van der Waals surface area (Å²) in [6.07, 6.45) is 0. The van der Waals surface area contributed by atoms with Gasteiger partial charge in [-0.05, 0) is 39.1 Å². The average molecular weight is 240 g/mol. The molecule has 90 valence electrons. The van der Waals surface area contributed by atoms with Crippen molar-refractivity contribution in [3.63, 3.8) is 0 Å². The van der Waals surface area contributed by atoms with Crippen molar-refractivity contribution in [3.05, 3.63) is 22.4 Å². The third-order valence-electron chi connectivity index (χ3n) is 2.29. The van der Waals surface area contributed by atoms with Gasteiger partial charge in [0.15, 0.2) is 0 Å². The molecule has 0 aromatic carbocycles. The van der Waals surface area contributed by atoms with Gasteiger partial charge in [-0.25, -0.2) is 0 Å². The van der Waals surface area contributed by atoms with Crippen LogP contribution < -0.4 is 10.6 Å². The summed E-state index contributed by atoms with van der Waals surface area (Å²) in [5.41, 5.74) is 0. The fourth-order valence-corrected chi connectivity index (χ4v) is 2.22. The molecule has 2 N–H and O–H groups in total. The number of carbonyl (C=O) groups excluding carboxylic acids is 1. The van der Waals surface area contributed by atoms with E-state index in [-0.39, 0.29) is 24.0 Å². The molecular weight excluding hydrogens is 220 g/mol. The summed E-state index contributed by atoms with van der Waals surface area (Å²) >= 11 is 1.70. The molecule has 0 bridgehead atoms. The molecule has 0 saturated heterocycles. The average Bonchev–Trinajstić information content (AvgIpc) is 2.68. The van der Waals surface area contributed by atoms with Crippen molar-refractivity contribution >= 4 is 17.2 Å². The SMILES string of the molecule is CC(C)NC(=O)C(C)N[C@H](C)c1cccs1. The number of rotatable bonds is 5. The monoisotopic (exact) mass is 240 g/mol. The van der Waals surface area contributed by atoms with Gasteiger partial charge in [-0.15, -0.1) is 11.3 Å². The maximum atomic E-state index is 11.7. The molecule has 16 heavy (non-hydrogen) atoms. The van der Waals surface area contributed by atoms with Gasteiger partial charge in [0.1, 0.15) is 0 Å². The lowest BCUT2D eigenvalue weighted by Crippen LogP contribution is -2.45. The quantitative estimate of drug-likeness (QED) is 0.829. The highest BCUT2D eigenvalue weighted by molar-refractivity contribution is 7.10. The summed E-state index contributed by atoms with van der Waals surface area (Å²) in [7, 11) is 0. The van der Waals surface area contributed by atoms with Crippen molar-refractivity contribution in [2.75, 3.05) is 0 Å². The Morgan fingerprint density at radius 2 is 2.00 bits per heavy atom. The summed E-state index contributed by atoms with van der Waals surface area (Å²) in [6.45, 7) is 7.90. The summed E-state index contributed by atoms with van der Waals surface area (Å²) in [6, 6.07) is 4.34. The highest BCUT2D eigenvalue weighted by Crippen LogP contribution is 2.18. The first-order valence-electron chi connectivity index (χ1n) is 5.60. The minimum absolute atomic E-state index is 0.0541. The van der Waals surface area contributed by atoms with Crippen LogP contribution >= 0.6 is 11.3 Å². The fourth-order valence-electron chi connectivity index (χ4n) is 1.48. The summed E-state index contributed by atoms with van der Waals surface area (Å²) in [5, 5.41) is 8.23. The van der Waals surface area contributed by atoms with E-state index in [0.29, 0.717) is 0 Å². The van der Waals surface area contributed by atoms with E-state index in [1.807, 2.05) is 32.2 Å². The Morgan fingerprint density at radius 3 is 2.50 bits per heavy atom. The van der Waals surface area contributed by atoms with Gasteiger partial charge in [-0.2, -0.15) is 0 Å². The topological polar surface area (TPSA) is 41.1 Å². The van der Waals surface area contributed by atoms with Crippen LogP contribution in [0.5, 0.6) is 0 Å². The van der Waals surface area contributed by atoms with Gasteiger partial charge in [0, 0.05) is 17.0 Å². The van der Waals surface area contributed by atoms with Crippen LogP contribution in [0.2, 0.25) is 0 Å². The molecule has 1 aromatic heterocycles. The maximum Gasteiger partial charge on any atom is 0.237 e. The normalized spacial score (nSPS) is 14.8. The largest absolute Gasteiger partial charge is 0.353 e. The fraction of sp³-hybridized carbons (Fsp3) is 0.583. The Labute approximate surface area is 101 Å². The molecule has 1 rings (SSSR count). The van der Waals surface area contributed by atoms with Gasteiger partial charge >= 0.3 is 0 Å². The van der Waals surface area contributed by atoms with Crippen LogP contribution in [0.15, 0.2) is 17.5 Å². The van der Waals surface area contributed by atoms with Crippen molar-refractivity contribution in [2.24, 2.45) is 0 Å². The van der Waals surface area contributed by atoms with Crippen molar-refractivity contribution in [1.29, 1.82) is 0 Å². The summed E-state index contributed by atoms with van der Waals surface area (Å²) in [5.74, 6) is 0.0541. The molecule has 0 radical (unpaired) electrons. The van der Waals surface area contributed by atoms with Crippen LogP contribution in [0, 0.1) is 0 Å². The van der Waals surface area contributed by atoms with Crippen molar-refractivity contribution < 1.29 is 4.79 Å². The molecule has 1 aromatic rings. The van der Waals surface area contributed by atoms with Gasteiger partial charge in [0.25, 0.3) is 0 Å². The molecule has 0 saturated carbocycles. The Morgan fingerprint density at radius 1 is 1.31 bits per heavy atom. The molecular formula is C12H20N2OS. The van der Waals surface area contributed by atoms with Crippen molar-refractivity contribution in [1.82, 2.24) is 10.6 Å². The van der Waals surface area contributed by atoms with Crippen molar-refractivity contribution in [3.8, 4) is 0 Å². The predicted molar refractivity (Wildman–Crippen MR) is 68.6 cm³/mol. The van der Waals surface area contributed by atoms with Gasteiger partial charge in [0.05, 0.1) is 6.04 Å². The standard InChI is InChI=1S/C12H20N2OS/c1-8(2)13-12(15)10(4)14-9(3)11-6-5-7-16-11/h5-10,14H,1-4H3,(H,13,15)/t9-,10?/m1/s1. The van der Waals surface area contributed by atoms with Gasteiger partial charge < -0.3 is 5.32 Å². The van der Waals surface area contributed by atoms with Crippen molar-refractivity contribution in [2.45, 2.75) is 45.8 Å². The van der Waals surface area contributed by atoms with E-state index in [9.17, 15) is 4.79 Å². The molecule has 3 nitrogen and oxygen atoms in total. The number of amides is 1. The molecule has 2 atom stereocenters. The smallest absolute Gasteiger partial charge is 0.237 e. The van der Waals surface area contributed by atoms with E-state index in [1.165, 1.54) is 4.88 Å². The second kappa shape index (κ2) is 6.01. The Bertz CT molecular complexity index is 322. The Kier molecular flexibility index (Phi) is 4.96. The van der Waals surface area contributed by atoms with Crippen LogP contribution in [0.4, 0.5) is 0 Å². The molecule has 1 amide bonds. The van der Waals surface area contributed by atoms with E-state index in [0.717, 1.165) is 0 Å². The molecule has 0 aliphatic rings. The molecule has 0 spiro atoms. The predicted octanol–water partition coefficient (Wildman–Crippen LogP) is 2.31. The molecule has 4 heteroatoms. The molecule has 1 unspecified atom stereocenters. The maximum absolute atomic E-state index is 11.7. The van der Waals surface area contributed by atoms with E-state index in [4.69, 9.17) is 0 Å². The molecule has 0 fully saturated rings. The molecule has 0 aliphatic heterocycles. The lowest BCUT2D eigenvalue weighted by atomic mass is 10.2. The third-order valence-corrected chi connectivity index (χ3v) is 3.35. The first kappa shape index (κ1) is 13.2. The minimum Gasteiger partial charge on any atom is -0.353 e. The summed E-state index contributed by atoms with van der Waals surface area (Å²) < 4.78 is 0. The second-order valence-electron chi connectivity index (χ2n) is 4.29. The van der Waals surface area contributed by atoms with Crippen LogP contribution in [0.1, 0.15) is 38.6 Å². The third kappa shape index (κ3) is 3.94. The Hall–Kier alpha value is -0.870. The zero-order valence-electron chi connectivity index (χ0n) is 10.3. The zero-order valence-corrected chi connectivity index (χ0v) is 11.1. The van der Waals surface area contributed by atoms with Crippen LogP contribution in [0.3, 0.4) is 0 Å². The number of thiophene rings is 1. The Balaban J connectivity index is 2.45. The number of hydrogen-bond acceptors (Lipinski definition) is 3. The van der Waals surface area contributed by atoms with Gasteiger partial charge in [-0.3, -0.25) is 10.1 Å². The highest BCUT2D eigenvalue weighted by atomic mass is 32.1. The van der Waals surface area contributed by atoms with E-state index >= 15 is 0 Å². The summed E-state index contributed by atoms with van der Waals surface area (Å²) in [4.78, 5) is 12.9. The van der Waals surface area contributed by atoms with Crippen LogP contribution in [-0.2, 0) is 4.79 Å². The lowest BCUT2D eigenvalue weighted by molar-refractivity contribution is -0.123. The van der Waals surface area contributed by atoms with E-state index in [2.05, 4.69) is 23.6 Å². The lowest BCUT2D eigenvalue weighted by Gasteiger charge is -2.19. The zero-order chi connectivity index (χ0) is 12.1. The number of carbonyl (C=O) groups is 1.